The van der Waals surface area contributed by atoms with Crippen molar-refractivity contribution in [2.24, 2.45) is 0 Å². The SMILES string of the molecule is Fc1ccc(Oc2cnnc(Cl)n2)cc1. The van der Waals surface area contributed by atoms with Crippen LogP contribution in [0, 0.1) is 5.82 Å². The summed E-state index contributed by atoms with van der Waals surface area (Å²) in [6, 6.07) is 5.52. The van der Waals surface area contributed by atoms with Crippen molar-refractivity contribution in [3.63, 3.8) is 0 Å². The van der Waals surface area contributed by atoms with Crippen LogP contribution >= 0.6 is 11.6 Å². The molecule has 0 atom stereocenters. The Labute approximate surface area is 89.7 Å². The highest BCUT2D eigenvalue weighted by Crippen LogP contribution is 2.18. The minimum atomic E-state index is -0.332. The Morgan fingerprint density at radius 3 is 2.60 bits per heavy atom. The molecule has 0 saturated carbocycles. The van der Waals surface area contributed by atoms with Gasteiger partial charge in [-0.2, -0.15) is 10.1 Å². The quantitative estimate of drug-likeness (QED) is 0.788. The van der Waals surface area contributed by atoms with Crippen molar-refractivity contribution in [3.8, 4) is 11.6 Å². The molecule has 4 nitrogen and oxygen atoms in total. The maximum atomic E-state index is 12.6. The van der Waals surface area contributed by atoms with Crippen molar-refractivity contribution in [1.82, 2.24) is 15.2 Å². The molecule has 0 amide bonds. The summed E-state index contributed by atoms with van der Waals surface area (Å²) in [4.78, 5) is 3.77. The minimum Gasteiger partial charge on any atom is -0.437 e. The second kappa shape index (κ2) is 4.18. The predicted molar refractivity (Wildman–Crippen MR) is 51.3 cm³/mol. The molecule has 0 bridgehead atoms. The van der Waals surface area contributed by atoms with Crippen LogP contribution in [0.3, 0.4) is 0 Å². The summed E-state index contributed by atoms with van der Waals surface area (Å²) in [6.45, 7) is 0. The first-order chi connectivity index (χ1) is 7.24. The molecule has 2 aromatic rings. The number of rotatable bonds is 2. The van der Waals surface area contributed by atoms with Crippen LogP contribution in [0.2, 0.25) is 5.28 Å². The predicted octanol–water partition coefficient (Wildman–Crippen LogP) is 2.46. The van der Waals surface area contributed by atoms with Crippen molar-refractivity contribution in [1.29, 1.82) is 0 Å². The Hall–Kier alpha value is -1.75. The van der Waals surface area contributed by atoms with Gasteiger partial charge in [-0.25, -0.2) is 4.39 Å². The van der Waals surface area contributed by atoms with Crippen LogP contribution in [0.15, 0.2) is 30.5 Å². The van der Waals surface area contributed by atoms with Crippen molar-refractivity contribution >= 4 is 11.6 Å². The third-order valence-electron chi connectivity index (χ3n) is 1.55. The zero-order valence-electron chi connectivity index (χ0n) is 7.39. The standard InChI is InChI=1S/C9H5ClFN3O/c10-9-13-8(5-12-14-9)15-7-3-1-6(11)2-4-7/h1-5H. The van der Waals surface area contributed by atoms with E-state index in [0.717, 1.165) is 0 Å². The Bertz CT molecular complexity index is 463. The van der Waals surface area contributed by atoms with E-state index in [2.05, 4.69) is 15.2 Å². The van der Waals surface area contributed by atoms with Gasteiger partial charge in [-0.05, 0) is 35.9 Å². The van der Waals surface area contributed by atoms with E-state index in [1.54, 1.807) is 0 Å². The average Bonchev–Trinajstić information content (AvgIpc) is 2.22. The monoisotopic (exact) mass is 225 g/mol. The molecular formula is C9H5ClFN3O. The van der Waals surface area contributed by atoms with Gasteiger partial charge in [0.2, 0.25) is 11.2 Å². The molecule has 0 aliphatic rings. The van der Waals surface area contributed by atoms with Gasteiger partial charge in [0.05, 0.1) is 0 Å². The molecule has 0 fully saturated rings. The summed E-state index contributed by atoms with van der Waals surface area (Å²) in [7, 11) is 0. The van der Waals surface area contributed by atoms with Crippen LogP contribution in [-0.4, -0.2) is 15.2 Å². The molecule has 0 saturated heterocycles. The molecule has 0 N–H and O–H groups in total. The van der Waals surface area contributed by atoms with Gasteiger partial charge in [0.25, 0.3) is 0 Å². The highest BCUT2D eigenvalue weighted by molar-refractivity contribution is 6.28. The van der Waals surface area contributed by atoms with Crippen LogP contribution in [0.4, 0.5) is 4.39 Å². The molecule has 1 aromatic carbocycles. The molecule has 2 rings (SSSR count). The fourth-order valence-corrected chi connectivity index (χ4v) is 1.07. The van der Waals surface area contributed by atoms with E-state index in [1.165, 1.54) is 30.5 Å². The largest absolute Gasteiger partial charge is 0.437 e. The Morgan fingerprint density at radius 1 is 1.20 bits per heavy atom. The molecule has 0 unspecified atom stereocenters. The molecule has 76 valence electrons. The molecule has 0 spiro atoms. The van der Waals surface area contributed by atoms with Crippen molar-refractivity contribution < 1.29 is 9.13 Å². The highest BCUT2D eigenvalue weighted by Gasteiger charge is 2.01. The number of hydrogen-bond donors (Lipinski definition) is 0. The third kappa shape index (κ3) is 2.60. The number of hydrogen-bond acceptors (Lipinski definition) is 4. The summed E-state index contributed by atoms with van der Waals surface area (Å²) in [5, 5.41) is 7.01. The summed E-state index contributed by atoms with van der Waals surface area (Å²) >= 11 is 5.51. The lowest BCUT2D eigenvalue weighted by atomic mass is 10.3. The molecular weight excluding hydrogens is 221 g/mol. The lowest BCUT2D eigenvalue weighted by Gasteiger charge is -2.02. The first-order valence-corrected chi connectivity index (χ1v) is 4.40. The van der Waals surface area contributed by atoms with Crippen LogP contribution < -0.4 is 4.74 Å². The number of aromatic nitrogens is 3. The van der Waals surface area contributed by atoms with E-state index in [4.69, 9.17) is 16.3 Å². The van der Waals surface area contributed by atoms with E-state index >= 15 is 0 Å². The highest BCUT2D eigenvalue weighted by atomic mass is 35.5. The van der Waals surface area contributed by atoms with Crippen molar-refractivity contribution in [2.75, 3.05) is 0 Å². The van der Waals surface area contributed by atoms with E-state index < -0.39 is 0 Å². The molecule has 0 aliphatic carbocycles. The van der Waals surface area contributed by atoms with E-state index in [0.29, 0.717) is 5.75 Å². The lowest BCUT2D eigenvalue weighted by molar-refractivity contribution is 0.455. The third-order valence-corrected chi connectivity index (χ3v) is 1.71. The summed E-state index contributed by atoms with van der Waals surface area (Å²) in [5.41, 5.74) is 0. The zero-order valence-corrected chi connectivity index (χ0v) is 8.15. The molecule has 0 aliphatic heterocycles. The normalized spacial score (nSPS) is 10.0. The van der Waals surface area contributed by atoms with Crippen LogP contribution in [-0.2, 0) is 0 Å². The van der Waals surface area contributed by atoms with Crippen LogP contribution in [0.1, 0.15) is 0 Å². The smallest absolute Gasteiger partial charge is 0.246 e. The fourth-order valence-electron chi connectivity index (χ4n) is 0.941. The molecule has 1 aromatic heterocycles. The topological polar surface area (TPSA) is 47.9 Å². The van der Waals surface area contributed by atoms with E-state index in [1.807, 2.05) is 0 Å². The maximum Gasteiger partial charge on any atom is 0.246 e. The zero-order chi connectivity index (χ0) is 10.7. The number of nitrogens with zero attached hydrogens (tertiary/aromatic N) is 3. The van der Waals surface area contributed by atoms with Gasteiger partial charge >= 0.3 is 0 Å². The van der Waals surface area contributed by atoms with E-state index in [-0.39, 0.29) is 17.0 Å². The van der Waals surface area contributed by atoms with Crippen LogP contribution in [0.25, 0.3) is 0 Å². The van der Waals surface area contributed by atoms with Gasteiger partial charge in [-0.15, -0.1) is 5.10 Å². The van der Waals surface area contributed by atoms with Gasteiger partial charge < -0.3 is 4.74 Å². The first-order valence-electron chi connectivity index (χ1n) is 4.03. The van der Waals surface area contributed by atoms with Crippen LogP contribution in [0.5, 0.6) is 11.6 Å². The van der Waals surface area contributed by atoms with Gasteiger partial charge in [0.1, 0.15) is 17.8 Å². The van der Waals surface area contributed by atoms with Crippen molar-refractivity contribution in [3.05, 3.63) is 41.6 Å². The van der Waals surface area contributed by atoms with Gasteiger partial charge in [0.15, 0.2) is 0 Å². The van der Waals surface area contributed by atoms with Gasteiger partial charge in [-0.1, -0.05) is 0 Å². The Kier molecular flexibility index (Phi) is 2.73. The van der Waals surface area contributed by atoms with Crippen molar-refractivity contribution in [2.45, 2.75) is 0 Å². The molecule has 15 heavy (non-hydrogen) atoms. The number of benzene rings is 1. The summed E-state index contributed by atoms with van der Waals surface area (Å²) < 4.78 is 17.8. The van der Waals surface area contributed by atoms with Gasteiger partial charge in [0, 0.05) is 0 Å². The Balaban J connectivity index is 2.18. The fraction of sp³-hybridized carbons (Fsp3) is 0. The molecule has 1 heterocycles. The maximum absolute atomic E-state index is 12.6. The summed E-state index contributed by atoms with van der Waals surface area (Å²) in [5.74, 6) is 0.329. The number of ether oxygens (including phenoxy) is 1. The molecule has 6 heteroatoms. The lowest BCUT2D eigenvalue weighted by Crippen LogP contribution is -1.92. The minimum absolute atomic E-state index is 0.00499. The second-order valence-electron chi connectivity index (χ2n) is 2.62. The summed E-state index contributed by atoms with van der Waals surface area (Å²) in [6.07, 6.45) is 1.31. The first kappa shape index (κ1) is 9.79. The number of halogens is 2. The Morgan fingerprint density at radius 2 is 1.93 bits per heavy atom. The molecule has 0 radical (unpaired) electrons. The average molecular weight is 226 g/mol. The van der Waals surface area contributed by atoms with E-state index in [9.17, 15) is 4.39 Å². The second-order valence-corrected chi connectivity index (χ2v) is 2.96. The van der Waals surface area contributed by atoms with Gasteiger partial charge in [-0.3, -0.25) is 0 Å².